The summed E-state index contributed by atoms with van der Waals surface area (Å²) in [5.41, 5.74) is 0.781. The predicted octanol–water partition coefficient (Wildman–Crippen LogP) is 5.79. The maximum Gasteiger partial charge on any atom is 0.315 e. The summed E-state index contributed by atoms with van der Waals surface area (Å²) < 4.78 is 18.4. The summed E-state index contributed by atoms with van der Waals surface area (Å²) in [5, 5.41) is 17.5. The van der Waals surface area contributed by atoms with E-state index in [1.165, 1.54) is 12.3 Å². The molecule has 38 heavy (non-hydrogen) atoms. The standard InChI is InChI=1S/C28H24N4O6/c1-4-36-24-14-18(13-22(32(34)35)26(24)37-17(2)3)16-29-31-27(25-15-19-9-5-8-12-23(19)38-25)30-21-11-7-6-10-20(21)28(31)33/h5-17H,4H2,1-3H3. The molecule has 0 N–H and O–H groups in total. The average Bonchev–Trinajstić information content (AvgIpc) is 3.33. The monoisotopic (exact) mass is 512 g/mol. The van der Waals surface area contributed by atoms with Crippen molar-refractivity contribution >= 4 is 33.8 Å². The van der Waals surface area contributed by atoms with Gasteiger partial charge in [0.05, 0.1) is 34.8 Å². The number of fused-ring (bicyclic) bond motifs is 2. The van der Waals surface area contributed by atoms with Crippen LogP contribution in [0.15, 0.2) is 81.0 Å². The predicted molar refractivity (Wildman–Crippen MR) is 144 cm³/mol. The third kappa shape index (κ3) is 4.71. The minimum absolute atomic E-state index is 0.0384. The van der Waals surface area contributed by atoms with Crippen LogP contribution in [-0.2, 0) is 0 Å². The SMILES string of the molecule is CCOc1cc(C=Nn2c(-c3cc4ccccc4o3)nc3ccccc3c2=O)cc([N+](=O)[O-])c1OC(C)C. The maximum absolute atomic E-state index is 13.5. The van der Waals surface area contributed by atoms with Crippen molar-refractivity contribution in [3.63, 3.8) is 0 Å². The zero-order chi connectivity index (χ0) is 26.8. The molecule has 3 aromatic carbocycles. The Hall–Kier alpha value is -4.99. The van der Waals surface area contributed by atoms with E-state index in [0.717, 1.165) is 10.1 Å². The lowest BCUT2D eigenvalue weighted by Gasteiger charge is -2.15. The Morgan fingerprint density at radius 1 is 1.13 bits per heavy atom. The summed E-state index contributed by atoms with van der Waals surface area (Å²) in [6.45, 7) is 5.59. The number of furan rings is 1. The third-order valence-electron chi connectivity index (χ3n) is 5.63. The normalized spacial score (nSPS) is 11.6. The number of ether oxygens (including phenoxy) is 2. The van der Waals surface area contributed by atoms with E-state index >= 15 is 0 Å². The van der Waals surface area contributed by atoms with Crippen LogP contribution in [0.4, 0.5) is 5.69 Å². The molecule has 0 radical (unpaired) electrons. The van der Waals surface area contributed by atoms with Crippen LogP contribution in [0.1, 0.15) is 26.3 Å². The number of hydrogen-bond acceptors (Lipinski definition) is 8. The van der Waals surface area contributed by atoms with Crippen molar-refractivity contribution in [1.82, 2.24) is 9.66 Å². The number of nitrogens with zero attached hydrogens (tertiary/aromatic N) is 4. The van der Waals surface area contributed by atoms with Crippen molar-refractivity contribution in [1.29, 1.82) is 0 Å². The van der Waals surface area contributed by atoms with Crippen molar-refractivity contribution < 1.29 is 18.8 Å². The Balaban J connectivity index is 1.69. The molecule has 0 amide bonds. The first kappa shape index (κ1) is 24.7. The number of aromatic nitrogens is 2. The number of benzene rings is 3. The molecule has 2 heterocycles. The Morgan fingerprint density at radius 2 is 1.89 bits per heavy atom. The molecule has 10 nitrogen and oxygen atoms in total. The van der Waals surface area contributed by atoms with E-state index in [0.29, 0.717) is 27.8 Å². The maximum atomic E-state index is 13.5. The summed E-state index contributed by atoms with van der Waals surface area (Å²) in [6.07, 6.45) is 1.04. The van der Waals surface area contributed by atoms with Gasteiger partial charge in [-0.1, -0.05) is 30.3 Å². The molecular formula is C28H24N4O6. The van der Waals surface area contributed by atoms with E-state index in [2.05, 4.69) is 10.1 Å². The van der Waals surface area contributed by atoms with Gasteiger partial charge in [-0.25, -0.2) is 4.98 Å². The number of nitro groups is 1. The van der Waals surface area contributed by atoms with E-state index in [1.54, 1.807) is 57.2 Å². The highest BCUT2D eigenvalue weighted by Gasteiger charge is 2.23. The van der Waals surface area contributed by atoms with Gasteiger partial charge in [0.25, 0.3) is 5.56 Å². The quantitative estimate of drug-likeness (QED) is 0.147. The molecule has 0 aliphatic carbocycles. The first-order valence-corrected chi connectivity index (χ1v) is 12.0. The van der Waals surface area contributed by atoms with Crippen LogP contribution in [-0.4, -0.2) is 33.5 Å². The van der Waals surface area contributed by atoms with Gasteiger partial charge in [0.2, 0.25) is 11.6 Å². The van der Waals surface area contributed by atoms with Gasteiger partial charge in [0.15, 0.2) is 11.5 Å². The van der Waals surface area contributed by atoms with Gasteiger partial charge in [0, 0.05) is 17.0 Å². The van der Waals surface area contributed by atoms with Crippen LogP contribution in [0, 0.1) is 10.1 Å². The Kier molecular flexibility index (Phi) is 6.61. The lowest BCUT2D eigenvalue weighted by atomic mass is 10.1. The molecule has 0 bridgehead atoms. The lowest BCUT2D eigenvalue weighted by Crippen LogP contribution is -2.20. The highest BCUT2D eigenvalue weighted by atomic mass is 16.6. The minimum atomic E-state index is -0.541. The number of hydrogen-bond donors (Lipinski definition) is 0. The van der Waals surface area contributed by atoms with Crippen molar-refractivity contribution in [3.05, 3.63) is 92.8 Å². The summed E-state index contributed by atoms with van der Waals surface area (Å²) in [7, 11) is 0. The molecule has 0 saturated carbocycles. The Morgan fingerprint density at radius 3 is 2.63 bits per heavy atom. The molecule has 5 rings (SSSR count). The molecule has 2 aromatic heterocycles. The summed E-state index contributed by atoms with van der Waals surface area (Å²) >= 11 is 0. The molecular weight excluding hydrogens is 488 g/mol. The van der Waals surface area contributed by atoms with Crippen molar-refractivity contribution in [2.45, 2.75) is 26.9 Å². The van der Waals surface area contributed by atoms with Crippen molar-refractivity contribution in [2.24, 2.45) is 5.10 Å². The minimum Gasteiger partial charge on any atom is -0.490 e. The number of rotatable bonds is 8. The fourth-order valence-corrected chi connectivity index (χ4v) is 4.04. The molecule has 0 aliphatic rings. The van der Waals surface area contributed by atoms with Crippen LogP contribution in [0.2, 0.25) is 0 Å². The van der Waals surface area contributed by atoms with E-state index in [1.807, 2.05) is 24.3 Å². The average molecular weight is 513 g/mol. The van der Waals surface area contributed by atoms with Crippen LogP contribution in [0.3, 0.4) is 0 Å². The fourth-order valence-electron chi connectivity index (χ4n) is 4.04. The third-order valence-corrected chi connectivity index (χ3v) is 5.63. The lowest BCUT2D eigenvalue weighted by molar-refractivity contribution is -0.386. The smallest absolute Gasteiger partial charge is 0.315 e. The second kappa shape index (κ2) is 10.2. The summed E-state index contributed by atoms with van der Waals surface area (Å²) in [6, 6.07) is 19.1. The summed E-state index contributed by atoms with van der Waals surface area (Å²) in [4.78, 5) is 29.5. The highest BCUT2D eigenvalue weighted by molar-refractivity contribution is 5.85. The van der Waals surface area contributed by atoms with Crippen LogP contribution < -0.4 is 15.0 Å². The topological polar surface area (TPSA) is 122 Å². The van der Waals surface area contributed by atoms with Gasteiger partial charge >= 0.3 is 5.69 Å². The Bertz CT molecular complexity index is 1720. The van der Waals surface area contributed by atoms with Gasteiger partial charge < -0.3 is 13.9 Å². The molecule has 0 aliphatic heterocycles. The molecule has 0 spiro atoms. The molecule has 0 atom stereocenters. The van der Waals surface area contributed by atoms with Crippen molar-refractivity contribution in [2.75, 3.05) is 6.61 Å². The Labute approximate surface area is 216 Å². The molecule has 192 valence electrons. The number of nitro benzene ring substituents is 1. The molecule has 0 unspecified atom stereocenters. The zero-order valence-corrected chi connectivity index (χ0v) is 21.0. The van der Waals surface area contributed by atoms with Gasteiger partial charge in [-0.05, 0) is 51.1 Å². The molecule has 5 aromatic rings. The molecule has 0 saturated heterocycles. The van der Waals surface area contributed by atoms with Gasteiger partial charge in [-0.3, -0.25) is 14.9 Å². The van der Waals surface area contributed by atoms with E-state index < -0.39 is 10.5 Å². The second-order valence-electron chi connectivity index (χ2n) is 8.69. The first-order chi connectivity index (χ1) is 18.4. The first-order valence-electron chi connectivity index (χ1n) is 12.0. The van der Waals surface area contributed by atoms with Crippen LogP contribution in [0.5, 0.6) is 11.5 Å². The summed E-state index contributed by atoms with van der Waals surface area (Å²) in [5.74, 6) is 0.795. The highest BCUT2D eigenvalue weighted by Crippen LogP contribution is 2.39. The second-order valence-corrected chi connectivity index (χ2v) is 8.69. The largest absolute Gasteiger partial charge is 0.490 e. The van der Waals surface area contributed by atoms with Crippen molar-refractivity contribution in [3.8, 4) is 23.1 Å². The zero-order valence-electron chi connectivity index (χ0n) is 21.0. The molecule has 10 heteroatoms. The van der Waals surface area contributed by atoms with Crippen LogP contribution in [0.25, 0.3) is 33.5 Å². The molecule has 0 fully saturated rings. The van der Waals surface area contributed by atoms with Gasteiger partial charge in [-0.15, -0.1) is 0 Å². The van der Waals surface area contributed by atoms with E-state index in [9.17, 15) is 14.9 Å². The van der Waals surface area contributed by atoms with Crippen LogP contribution >= 0.6 is 0 Å². The van der Waals surface area contributed by atoms with Gasteiger partial charge in [0.1, 0.15) is 5.58 Å². The number of para-hydroxylation sites is 2. The fraction of sp³-hybridized carbons (Fsp3) is 0.179. The van der Waals surface area contributed by atoms with E-state index in [-0.39, 0.29) is 35.7 Å². The van der Waals surface area contributed by atoms with Gasteiger partial charge in [-0.2, -0.15) is 9.78 Å². The van der Waals surface area contributed by atoms with E-state index in [4.69, 9.17) is 13.9 Å².